The summed E-state index contributed by atoms with van der Waals surface area (Å²) in [6.07, 6.45) is 3.50. The van der Waals surface area contributed by atoms with Crippen LogP contribution in [-0.4, -0.2) is 91.0 Å². The lowest BCUT2D eigenvalue weighted by Crippen LogP contribution is -2.33. The van der Waals surface area contributed by atoms with Gasteiger partial charge in [-0.05, 0) is 25.1 Å². The summed E-state index contributed by atoms with van der Waals surface area (Å²) in [6.45, 7) is 7.82. The lowest BCUT2D eigenvalue weighted by molar-refractivity contribution is -0.126. The number of likely N-dealkylation sites (N-methyl/N-ethyl adjacent to an activating group) is 1. The number of hydrogen-bond donors (Lipinski definition) is 4. The highest BCUT2D eigenvalue weighted by atomic mass is 16.6. The highest BCUT2D eigenvalue weighted by Gasteiger charge is 2.07. The van der Waals surface area contributed by atoms with Crippen molar-refractivity contribution in [1.82, 2.24) is 10.6 Å². The van der Waals surface area contributed by atoms with E-state index in [0.29, 0.717) is 50.3 Å². The van der Waals surface area contributed by atoms with Gasteiger partial charge in [-0.3, -0.25) is 9.59 Å². The predicted molar refractivity (Wildman–Crippen MR) is 142 cm³/mol. The fourth-order valence-corrected chi connectivity index (χ4v) is 2.76. The van der Waals surface area contributed by atoms with Crippen LogP contribution in [0.1, 0.15) is 20.3 Å². The molecule has 0 heterocycles. The molecule has 0 saturated heterocycles. The third kappa shape index (κ3) is 19.3. The van der Waals surface area contributed by atoms with Gasteiger partial charge in [0.15, 0.2) is 0 Å². The molecule has 0 aromatic heterocycles. The highest BCUT2D eigenvalue weighted by molar-refractivity contribution is 5.90. The minimum Gasteiger partial charge on any atom is -0.489 e. The van der Waals surface area contributed by atoms with Crippen LogP contribution in [-0.2, 0) is 28.5 Å². The maximum absolute atomic E-state index is 12.1. The summed E-state index contributed by atoms with van der Waals surface area (Å²) in [4.78, 5) is 23.8. The maximum atomic E-state index is 12.1. The summed E-state index contributed by atoms with van der Waals surface area (Å²) in [7, 11) is 1.86. The van der Waals surface area contributed by atoms with E-state index in [1.54, 1.807) is 24.3 Å². The third-order valence-corrected chi connectivity index (χ3v) is 4.60. The SMILES string of the molecule is CNCCOCCOCCC(=O)Nc1cccc(OCC(N)OCCOCC(=O)NC/C=C/C(C)C)c1. The Labute approximate surface area is 220 Å². The summed E-state index contributed by atoms with van der Waals surface area (Å²) in [5.74, 6) is 0.648. The Bertz CT molecular complexity index is 777. The van der Waals surface area contributed by atoms with Crippen LogP contribution in [0, 0.1) is 5.92 Å². The van der Waals surface area contributed by atoms with Gasteiger partial charge in [-0.25, -0.2) is 0 Å². The standard InChI is InChI=1S/C26H44N4O7/c1-21(2)6-5-10-29-26(32)20-35-16-17-36-24(27)19-37-23-8-4-7-22(18-23)30-25(31)9-12-33-14-15-34-13-11-28-3/h4-8,18,21,24,28H,9-17,19-20,27H2,1-3H3,(H,29,32)(H,30,31)/b6-5+. The van der Waals surface area contributed by atoms with Gasteiger partial charge in [-0.2, -0.15) is 0 Å². The monoisotopic (exact) mass is 524 g/mol. The molecule has 0 aliphatic rings. The molecule has 11 heteroatoms. The van der Waals surface area contributed by atoms with E-state index in [2.05, 4.69) is 29.8 Å². The van der Waals surface area contributed by atoms with Crippen molar-refractivity contribution in [2.24, 2.45) is 11.7 Å². The van der Waals surface area contributed by atoms with Crippen molar-refractivity contribution in [1.29, 1.82) is 0 Å². The summed E-state index contributed by atoms with van der Waals surface area (Å²) in [6, 6.07) is 7.01. The van der Waals surface area contributed by atoms with Gasteiger partial charge in [0.1, 0.15) is 25.2 Å². The van der Waals surface area contributed by atoms with Gasteiger partial charge in [0, 0.05) is 24.8 Å². The second kappa shape index (κ2) is 21.5. The number of carbonyl (C=O) groups excluding carboxylic acids is 2. The van der Waals surface area contributed by atoms with Gasteiger partial charge in [0.2, 0.25) is 11.8 Å². The molecule has 1 rings (SSSR count). The Balaban J connectivity index is 2.13. The van der Waals surface area contributed by atoms with Crippen LogP contribution in [0.4, 0.5) is 5.69 Å². The lowest BCUT2D eigenvalue weighted by Gasteiger charge is -2.15. The second-order valence-electron chi connectivity index (χ2n) is 8.40. The van der Waals surface area contributed by atoms with E-state index in [1.165, 1.54) is 0 Å². The van der Waals surface area contributed by atoms with Gasteiger partial charge < -0.3 is 45.4 Å². The van der Waals surface area contributed by atoms with Crippen LogP contribution >= 0.6 is 0 Å². The number of amides is 2. The molecule has 5 N–H and O–H groups in total. The van der Waals surface area contributed by atoms with E-state index in [0.717, 1.165) is 6.54 Å². The Morgan fingerprint density at radius 2 is 1.76 bits per heavy atom. The fourth-order valence-electron chi connectivity index (χ4n) is 2.76. The topological polar surface area (TPSA) is 142 Å². The molecule has 0 aliphatic carbocycles. The molecule has 1 atom stereocenters. The van der Waals surface area contributed by atoms with Gasteiger partial charge in [-0.15, -0.1) is 0 Å². The molecular formula is C26H44N4O7. The van der Waals surface area contributed by atoms with Crippen molar-refractivity contribution in [3.63, 3.8) is 0 Å². The lowest BCUT2D eigenvalue weighted by atomic mass is 10.2. The van der Waals surface area contributed by atoms with Crippen LogP contribution in [0.5, 0.6) is 5.75 Å². The van der Waals surface area contributed by atoms with E-state index in [1.807, 2.05) is 19.2 Å². The molecule has 11 nitrogen and oxygen atoms in total. The minimum atomic E-state index is -0.670. The molecular weight excluding hydrogens is 480 g/mol. The van der Waals surface area contributed by atoms with Crippen LogP contribution in [0.2, 0.25) is 0 Å². The molecule has 37 heavy (non-hydrogen) atoms. The zero-order chi connectivity index (χ0) is 27.1. The molecule has 2 amide bonds. The average molecular weight is 525 g/mol. The first-order valence-corrected chi connectivity index (χ1v) is 12.6. The van der Waals surface area contributed by atoms with Crippen LogP contribution in [0.3, 0.4) is 0 Å². The number of rotatable bonds is 22. The maximum Gasteiger partial charge on any atom is 0.246 e. The van der Waals surface area contributed by atoms with Gasteiger partial charge >= 0.3 is 0 Å². The fraction of sp³-hybridized carbons (Fsp3) is 0.615. The van der Waals surface area contributed by atoms with E-state index in [-0.39, 0.29) is 44.7 Å². The molecule has 1 aromatic rings. The average Bonchev–Trinajstić information content (AvgIpc) is 2.87. The Morgan fingerprint density at radius 3 is 2.51 bits per heavy atom. The molecule has 0 radical (unpaired) electrons. The largest absolute Gasteiger partial charge is 0.489 e. The van der Waals surface area contributed by atoms with Gasteiger partial charge in [0.25, 0.3) is 0 Å². The molecule has 210 valence electrons. The van der Waals surface area contributed by atoms with Gasteiger partial charge in [-0.1, -0.05) is 32.1 Å². The Morgan fingerprint density at radius 1 is 1.00 bits per heavy atom. The number of nitrogens with two attached hydrogens (primary N) is 1. The van der Waals surface area contributed by atoms with Crippen molar-refractivity contribution < 1.29 is 33.3 Å². The molecule has 1 unspecified atom stereocenters. The first kappa shape index (κ1) is 32.5. The van der Waals surface area contributed by atoms with Crippen LogP contribution < -0.4 is 26.4 Å². The number of carbonyl (C=O) groups is 2. The minimum absolute atomic E-state index is 0.0410. The summed E-state index contributed by atoms with van der Waals surface area (Å²) < 4.78 is 27.1. The summed E-state index contributed by atoms with van der Waals surface area (Å²) in [5, 5.41) is 8.54. The molecule has 0 spiro atoms. The van der Waals surface area contributed by atoms with E-state index in [4.69, 9.17) is 29.4 Å². The molecule has 0 saturated carbocycles. The third-order valence-electron chi connectivity index (χ3n) is 4.60. The normalized spacial score (nSPS) is 12.1. The zero-order valence-corrected chi connectivity index (χ0v) is 22.3. The molecule has 1 aromatic carbocycles. The molecule has 0 bridgehead atoms. The zero-order valence-electron chi connectivity index (χ0n) is 22.3. The van der Waals surface area contributed by atoms with E-state index >= 15 is 0 Å². The summed E-state index contributed by atoms with van der Waals surface area (Å²) in [5.41, 5.74) is 6.53. The van der Waals surface area contributed by atoms with Crippen molar-refractivity contribution in [2.45, 2.75) is 26.5 Å². The van der Waals surface area contributed by atoms with E-state index < -0.39 is 6.23 Å². The van der Waals surface area contributed by atoms with Crippen molar-refractivity contribution in [3.05, 3.63) is 36.4 Å². The van der Waals surface area contributed by atoms with Crippen molar-refractivity contribution >= 4 is 17.5 Å². The van der Waals surface area contributed by atoms with Crippen LogP contribution in [0.15, 0.2) is 36.4 Å². The number of hydrogen-bond acceptors (Lipinski definition) is 9. The molecule has 0 fully saturated rings. The number of allylic oxidation sites excluding steroid dienone is 1. The second-order valence-corrected chi connectivity index (χ2v) is 8.40. The highest BCUT2D eigenvalue weighted by Crippen LogP contribution is 2.17. The quantitative estimate of drug-likeness (QED) is 0.100. The number of ether oxygens (including phenoxy) is 5. The molecule has 0 aliphatic heterocycles. The van der Waals surface area contributed by atoms with Crippen molar-refractivity contribution in [2.75, 3.05) is 78.3 Å². The van der Waals surface area contributed by atoms with E-state index in [9.17, 15) is 9.59 Å². The number of benzene rings is 1. The van der Waals surface area contributed by atoms with Crippen LogP contribution in [0.25, 0.3) is 0 Å². The first-order valence-electron chi connectivity index (χ1n) is 12.6. The summed E-state index contributed by atoms with van der Waals surface area (Å²) >= 11 is 0. The first-order chi connectivity index (χ1) is 17.9. The number of nitrogens with one attached hydrogen (secondary N) is 3. The Hall–Kier alpha value is -2.54. The Kier molecular flexibility index (Phi) is 18.9. The smallest absolute Gasteiger partial charge is 0.246 e. The predicted octanol–water partition coefficient (Wildman–Crippen LogP) is 1.29. The van der Waals surface area contributed by atoms with Gasteiger partial charge in [0.05, 0.1) is 46.1 Å². The van der Waals surface area contributed by atoms with Crippen molar-refractivity contribution in [3.8, 4) is 5.75 Å². The number of anilines is 1.